The molecule has 6 nitrogen and oxygen atoms in total. The van der Waals surface area contributed by atoms with Crippen molar-refractivity contribution < 1.29 is 5.11 Å². The largest absolute Gasteiger partial charge is 0.396 e. The molecule has 1 aliphatic carbocycles. The van der Waals surface area contributed by atoms with E-state index in [2.05, 4.69) is 21.5 Å². The predicted octanol–water partition coefficient (Wildman–Crippen LogP) is 0.203. The Balaban J connectivity index is 1.92. The second-order valence-corrected chi connectivity index (χ2v) is 4.30. The highest BCUT2D eigenvalue weighted by Crippen LogP contribution is 2.45. The average molecular weight is 231 g/mol. The van der Waals surface area contributed by atoms with E-state index in [0.717, 1.165) is 17.8 Å². The Hall–Kier alpha value is -1.95. The first-order valence-electron chi connectivity index (χ1n) is 5.43. The number of rotatable bonds is 3. The van der Waals surface area contributed by atoms with Crippen molar-refractivity contribution in [3.05, 3.63) is 24.8 Å². The highest BCUT2D eigenvalue weighted by atomic mass is 16.3. The summed E-state index contributed by atoms with van der Waals surface area (Å²) in [5, 5.41) is 9.10. The lowest BCUT2D eigenvalue weighted by Gasteiger charge is -2.01. The molecule has 17 heavy (non-hydrogen) atoms. The van der Waals surface area contributed by atoms with Gasteiger partial charge in [-0.05, 0) is 0 Å². The fourth-order valence-corrected chi connectivity index (χ4v) is 2.18. The third-order valence-electron chi connectivity index (χ3n) is 3.35. The zero-order chi connectivity index (χ0) is 12.0. The highest BCUT2D eigenvalue weighted by Gasteiger charge is 2.41. The van der Waals surface area contributed by atoms with Crippen molar-refractivity contribution in [2.75, 3.05) is 12.3 Å². The number of nitrogens with two attached hydrogens (primary N) is 1. The van der Waals surface area contributed by atoms with Crippen LogP contribution in [-0.2, 0) is 6.54 Å². The van der Waals surface area contributed by atoms with Crippen LogP contribution in [0.4, 0.5) is 5.82 Å². The maximum absolute atomic E-state index is 9.10. The fourth-order valence-electron chi connectivity index (χ4n) is 2.18. The van der Waals surface area contributed by atoms with Gasteiger partial charge < -0.3 is 15.4 Å². The van der Waals surface area contributed by atoms with Gasteiger partial charge in [0.25, 0.3) is 0 Å². The monoisotopic (exact) mass is 231 g/mol. The second-order valence-electron chi connectivity index (χ2n) is 4.30. The SMILES string of the molecule is C=C1C(CO)C1Cn1cnc2c(N)ncnc21. The minimum Gasteiger partial charge on any atom is -0.396 e. The van der Waals surface area contributed by atoms with Gasteiger partial charge in [0, 0.05) is 18.4 Å². The summed E-state index contributed by atoms with van der Waals surface area (Å²) in [7, 11) is 0. The van der Waals surface area contributed by atoms with Crippen molar-refractivity contribution in [3.8, 4) is 0 Å². The summed E-state index contributed by atoms with van der Waals surface area (Å²) in [4.78, 5) is 12.3. The van der Waals surface area contributed by atoms with Crippen molar-refractivity contribution in [1.82, 2.24) is 19.5 Å². The van der Waals surface area contributed by atoms with Crippen LogP contribution in [0.3, 0.4) is 0 Å². The van der Waals surface area contributed by atoms with Crippen molar-refractivity contribution in [2.24, 2.45) is 11.8 Å². The van der Waals surface area contributed by atoms with Gasteiger partial charge in [0.1, 0.15) is 11.8 Å². The topological polar surface area (TPSA) is 89.8 Å². The molecule has 1 fully saturated rings. The zero-order valence-electron chi connectivity index (χ0n) is 9.24. The Labute approximate surface area is 97.8 Å². The van der Waals surface area contributed by atoms with E-state index in [1.807, 2.05) is 4.57 Å². The van der Waals surface area contributed by atoms with E-state index in [9.17, 15) is 0 Å². The lowest BCUT2D eigenvalue weighted by Crippen LogP contribution is -2.03. The van der Waals surface area contributed by atoms with E-state index in [1.165, 1.54) is 6.33 Å². The molecule has 0 bridgehead atoms. The van der Waals surface area contributed by atoms with E-state index in [-0.39, 0.29) is 12.5 Å². The standard InChI is InChI=1S/C11H13N5O/c1-6-7(8(6)3-17)2-16-5-15-9-10(12)13-4-14-11(9)16/h4-5,7-8,17H,1-3H2,(H2,12,13,14). The third-order valence-corrected chi connectivity index (χ3v) is 3.35. The van der Waals surface area contributed by atoms with Crippen LogP contribution >= 0.6 is 0 Å². The van der Waals surface area contributed by atoms with Gasteiger partial charge in [-0.25, -0.2) is 15.0 Å². The first-order chi connectivity index (χ1) is 8.22. The Bertz CT molecular complexity index is 591. The molecule has 2 atom stereocenters. The molecule has 3 N–H and O–H groups in total. The molecule has 0 aliphatic heterocycles. The summed E-state index contributed by atoms with van der Waals surface area (Å²) in [6.45, 7) is 4.82. The lowest BCUT2D eigenvalue weighted by molar-refractivity contribution is 0.269. The number of nitrogen functional groups attached to an aromatic ring is 1. The van der Waals surface area contributed by atoms with Gasteiger partial charge in [0.2, 0.25) is 0 Å². The minimum absolute atomic E-state index is 0.160. The maximum Gasteiger partial charge on any atom is 0.165 e. The summed E-state index contributed by atoms with van der Waals surface area (Å²) in [5.41, 5.74) is 8.16. The minimum atomic E-state index is 0.160. The molecule has 0 saturated heterocycles. The normalized spacial score (nSPS) is 23.2. The van der Waals surface area contributed by atoms with Crippen molar-refractivity contribution in [2.45, 2.75) is 6.54 Å². The predicted molar refractivity (Wildman–Crippen MR) is 62.9 cm³/mol. The van der Waals surface area contributed by atoms with E-state index in [4.69, 9.17) is 10.8 Å². The number of fused-ring (bicyclic) bond motifs is 1. The number of aliphatic hydroxyl groups excluding tert-OH is 1. The van der Waals surface area contributed by atoms with Crippen LogP contribution < -0.4 is 5.73 Å². The molecule has 0 radical (unpaired) electrons. The van der Waals surface area contributed by atoms with E-state index in [1.54, 1.807) is 6.33 Å². The average Bonchev–Trinajstić information content (AvgIpc) is 2.74. The molecule has 6 heteroatoms. The van der Waals surface area contributed by atoms with Gasteiger partial charge >= 0.3 is 0 Å². The zero-order valence-corrected chi connectivity index (χ0v) is 9.24. The molecular weight excluding hydrogens is 218 g/mol. The molecule has 88 valence electrons. The van der Waals surface area contributed by atoms with Gasteiger partial charge in [0.05, 0.1) is 12.9 Å². The van der Waals surface area contributed by atoms with Crippen LogP contribution in [0.15, 0.2) is 24.8 Å². The van der Waals surface area contributed by atoms with Crippen LogP contribution in [0.1, 0.15) is 0 Å². The quantitative estimate of drug-likeness (QED) is 0.737. The summed E-state index contributed by atoms with van der Waals surface area (Å²) in [6, 6.07) is 0. The number of hydrogen-bond donors (Lipinski definition) is 2. The van der Waals surface area contributed by atoms with Crippen LogP contribution in [0.25, 0.3) is 11.2 Å². The molecule has 2 heterocycles. The third kappa shape index (κ3) is 1.49. The van der Waals surface area contributed by atoms with E-state index >= 15 is 0 Å². The molecule has 2 aromatic heterocycles. The van der Waals surface area contributed by atoms with Crippen molar-refractivity contribution in [3.63, 3.8) is 0 Å². The first kappa shape index (κ1) is 10.2. The molecule has 1 aliphatic rings. The van der Waals surface area contributed by atoms with Crippen LogP contribution in [0, 0.1) is 11.8 Å². The number of anilines is 1. The molecular formula is C11H13N5O. The summed E-state index contributed by atoms with van der Waals surface area (Å²) < 4.78 is 1.93. The fraction of sp³-hybridized carbons (Fsp3) is 0.364. The van der Waals surface area contributed by atoms with Crippen LogP contribution in [0.2, 0.25) is 0 Å². The van der Waals surface area contributed by atoms with Gasteiger partial charge in [0.15, 0.2) is 11.5 Å². The summed E-state index contributed by atoms with van der Waals surface area (Å²) in [6.07, 6.45) is 3.14. The highest BCUT2D eigenvalue weighted by molar-refractivity contribution is 5.81. The van der Waals surface area contributed by atoms with Crippen LogP contribution in [0.5, 0.6) is 0 Å². The molecule has 2 aromatic rings. The maximum atomic E-state index is 9.10. The first-order valence-corrected chi connectivity index (χ1v) is 5.43. The molecule has 0 spiro atoms. The number of hydrogen-bond acceptors (Lipinski definition) is 5. The Morgan fingerprint density at radius 2 is 2.18 bits per heavy atom. The van der Waals surface area contributed by atoms with Gasteiger partial charge in [-0.15, -0.1) is 0 Å². The molecule has 2 unspecified atom stereocenters. The van der Waals surface area contributed by atoms with Gasteiger partial charge in [-0.2, -0.15) is 0 Å². The Morgan fingerprint density at radius 3 is 2.88 bits per heavy atom. The number of aliphatic hydroxyl groups is 1. The van der Waals surface area contributed by atoms with Crippen molar-refractivity contribution >= 4 is 17.0 Å². The number of nitrogens with zero attached hydrogens (tertiary/aromatic N) is 4. The molecule has 3 rings (SSSR count). The van der Waals surface area contributed by atoms with Gasteiger partial charge in [-0.1, -0.05) is 12.2 Å². The summed E-state index contributed by atoms with van der Waals surface area (Å²) >= 11 is 0. The number of aromatic nitrogens is 4. The van der Waals surface area contributed by atoms with Crippen molar-refractivity contribution in [1.29, 1.82) is 0 Å². The molecule has 0 aromatic carbocycles. The summed E-state index contributed by atoms with van der Waals surface area (Å²) in [5.74, 6) is 0.919. The second kappa shape index (κ2) is 3.53. The molecule has 1 saturated carbocycles. The van der Waals surface area contributed by atoms with E-state index in [0.29, 0.717) is 17.3 Å². The van der Waals surface area contributed by atoms with Gasteiger partial charge in [-0.3, -0.25) is 0 Å². The smallest absolute Gasteiger partial charge is 0.165 e. The lowest BCUT2D eigenvalue weighted by atomic mass is 10.3. The van der Waals surface area contributed by atoms with Crippen LogP contribution in [-0.4, -0.2) is 31.2 Å². The molecule has 0 amide bonds. The Kier molecular flexibility index (Phi) is 2.12. The van der Waals surface area contributed by atoms with E-state index < -0.39 is 0 Å². The number of imidazole rings is 1. The Morgan fingerprint density at radius 1 is 1.35 bits per heavy atom.